The van der Waals surface area contributed by atoms with Gasteiger partial charge in [0.25, 0.3) is 0 Å². The number of hydrogen-bond acceptors (Lipinski definition) is 5. The van der Waals surface area contributed by atoms with Crippen molar-refractivity contribution in [2.45, 2.75) is 45.5 Å². The van der Waals surface area contributed by atoms with Crippen LogP contribution in [0.3, 0.4) is 0 Å². The van der Waals surface area contributed by atoms with Crippen molar-refractivity contribution < 1.29 is 19.0 Å². The smallest absolute Gasteiger partial charge is 0.482 e. The van der Waals surface area contributed by atoms with Crippen molar-refractivity contribution >= 4 is 29.9 Å². The Labute approximate surface area is 163 Å². The molecule has 3 rings (SSSR count). The molecule has 0 spiro atoms. The van der Waals surface area contributed by atoms with Crippen LogP contribution < -0.4 is 10.2 Å². The van der Waals surface area contributed by atoms with Crippen LogP contribution in [0.2, 0.25) is 5.02 Å². The van der Waals surface area contributed by atoms with E-state index in [0.29, 0.717) is 5.46 Å². The minimum Gasteiger partial charge on any atom is -0.482 e. The summed E-state index contributed by atoms with van der Waals surface area (Å²) in [5.74, 6) is 0.123. The lowest BCUT2D eigenvalue weighted by Gasteiger charge is -2.32. The van der Waals surface area contributed by atoms with Gasteiger partial charge in [-0.05, 0) is 39.3 Å². The van der Waals surface area contributed by atoms with Gasteiger partial charge in [0.15, 0.2) is 5.75 Å². The molecule has 1 aliphatic heterocycles. The fraction of sp³-hybridized carbons (Fsp3) is 0.368. The second-order valence-electron chi connectivity index (χ2n) is 7.46. The summed E-state index contributed by atoms with van der Waals surface area (Å²) < 4.78 is 17.8. The van der Waals surface area contributed by atoms with E-state index < -0.39 is 23.2 Å². The third-order valence-electron chi connectivity index (χ3n) is 5.02. The number of nitrogens with zero attached hydrogens (tertiary/aromatic N) is 1. The molecular weight excluding hydrogens is 368 g/mol. The summed E-state index contributed by atoms with van der Waals surface area (Å²) in [5.41, 5.74) is 0.112. The van der Waals surface area contributed by atoms with Gasteiger partial charge < -0.3 is 14.0 Å². The maximum Gasteiger partial charge on any atom is 0.496 e. The van der Waals surface area contributed by atoms with Crippen molar-refractivity contribution in [1.29, 1.82) is 0 Å². The van der Waals surface area contributed by atoms with Crippen LogP contribution in [0.25, 0.3) is 0 Å². The molecule has 2 aromatic carbocycles. The molecule has 1 heterocycles. The van der Waals surface area contributed by atoms with E-state index in [-0.39, 0.29) is 23.1 Å². The molecule has 0 radical (unpaired) electrons. The molecule has 1 saturated heterocycles. The van der Waals surface area contributed by atoms with E-state index in [0.717, 1.165) is 5.56 Å². The van der Waals surface area contributed by atoms with Crippen molar-refractivity contribution in [3.63, 3.8) is 0 Å². The highest BCUT2D eigenvalue weighted by molar-refractivity contribution is 6.65. The lowest BCUT2D eigenvalue weighted by molar-refractivity contribution is -0.385. The molecule has 0 aromatic heterocycles. The number of halogens is 1. The van der Waals surface area contributed by atoms with E-state index in [1.807, 2.05) is 58.0 Å². The van der Waals surface area contributed by atoms with Crippen LogP contribution in [0, 0.1) is 10.1 Å². The summed E-state index contributed by atoms with van der Waals surface area (Å²) in [6.45, 7) is 7.92. The van der Waals surface area contributed by atoms with E-state index >= 15 is 0 Å². The van der Waals surface area contributed by atoms with Crippen LogP contribution in [-0.4, -0.2) is 23.2 Å². The fourth-order valence-electron chi connectivity index (χ4n) is 2.70. The van der Waals surface area contributed by atoms with Gasteiger partial charge in [-0.25, -0.2) is 0 Å². The Morgan fingerprint density at radius 1 is 1.11 bits per heavy atom. The summed E-state index contributed by atoms with van der Waals surface area (Å²) >= 11 is 6.31. The first-order valence-electron chi connectivity index (χ1n) is 8.61. The zero-order chi connectivity index (χ0) is 19.8. The predicted molar refractivity (Wildman–Crippen MR) is 105 cm³/mol. The molecule has 142 valence electrons. The number of hydrogen-bond donors (Lipinski definition) is 0. The highest BCUT2D eigenvalue weighted by Gasteiger charge is 2.52. The van der Waals surface area contributed by atoms with Crippen molar-refractivity contribution in [2.24, 2.45) is 0 Å². The molecule has 0 bridgehead atoms. The minimum absolute atomic E-state index is 0.123. The SMILES string of the molecule is CC1(C)OB(c2cc(OCc3ccccc3)c([N+](=O)[O-])cc2Cl)OC1(C)C. The number of nitro groups is 1. The van der Waals surface area contributed by atoms with Gasteiger partial charge >= 0.3 is 12.8 Å². The summed E-state index contributed by atoms with van der Waals surface area (Å²) in [4.78, 5) is 10.9. The van der Waals surface area contributed by atoms with Gasteiger partial charge in [-0.3, -0.25) is 10.1 Å². The Bertz CT molecular complexity index is 841. The maximum absolute atomic E-state index is 11.4. The first-order valence-corrected chi connectivity index (χ1v) is 8.99. The molecule has 1 aliphatic rings. The van der Waals surface area contributed by atoms with Gasteiger partial charge in [0.05, 0.1) is 16.1 Å². The second-order valence-corrected chi connectivity index (χ2v) is 7.87. The van der Waals surface area contributed by atoms with Gasteiger partial charge in [-0.1, -0.05) is 41.9 Å². The fourth-order valence-corrected chi connectivity index (χ4v) is 2.95. The molecule has 0 amide bonds. The van der Waals surface area contributed by atoms with Crippen LogP contribution in [0.4, 0.5) is 5.69 Å². The summed E-state index contributed by atoms with van der Waals surface area (Å²) in [6.07, 6.45) is 0. The normalized spacial score (nSPS) is 17.7. The third kappa shape index (κ3) is 3.95. The summed E-state index contributed by atoms with van der Waals surface area (Å²) in [6, 6.07) is 12.2. The largest absolute Gasteiger partial charge is 0.496 e. The van der Waals surface area contributed by atoms with Gasteiger partial charge in [-0.2, -0.15) is 0 Å². The number of rotatable bonds is 5. The molecular formula is C19H21BClNO5. The Balaban J connectivity index is 1.93. The van der Waals surface area contributed by atoms with Crippen LogP contribution in [-0.2, 0) is 15.9 Å². The van der Waals surface area contributed by atoms with E-state index in [4.69, 9.17) is 25.6 Å². The lowest BCUT2D eigenvalue weighted by Crippen LogP contribution is -2.41. The molecule has 0 aliphatic carbocycles. The Hall–Kier alpha value is -2.09. The molecule has 27 heavy (non-hydrogen) atoms. The van der Waals surface area contributed by atoms with E-state index in [1.54, 1.807) is 0 Å². The molecule has 0 atom stereocenters. The number of benzene rings is 2. The summed E-state index contributed by atoms with van der Waals surface area (Å²) in [5, 5.41) is 11.6. The van der Waals surface area contributed by atoms with Crippen molar-refractivity contribution in [1.82, 2.24) is 0 Å². The van der Waals surface area contributed by atoms with Crippen LogP contribution in [0.5, 0.6) is 5.75 Å². The molecule has 0 saturated carbocycles. The highest BCUT2D eigenvalue weighted by Crippen LogP contribution is 2.38. The predicted octanol–water partition coefficient (Wildman–Crippen LogP) is 4.13. The first kappa shape index (κ1) is 19.7. The Morgan fingerprint density at radius 2 is 1.70 bits per heavy atom. The average Bonchev–Trinajstić information content (AvgIpc) is 2.81. The average molecular weight is 390 g/mol. The molecule has 8 heteroatoms. The standard InChI is InChI=1S/C19H21BClNO5/c1-18(2)19(3,4)27-20(26-18)14-10-17(16(22(23)24)11-15(14)21)25-12-13-8-6-5-7-9-13/h5-11H,12H2,1-4H3. The van der Waals surface area contributed by atoms with Crippen LogP contribution in [0.1, 0.15) is 33.3 Å². The Kier molecular flexibility index (Phi) is 5.21. The van der Waals surface area contributed by atoms with Gasteiger partial charge in [0, 0.05) is 16.6 Å². The lowest BCUT2D eigenvalue weighted by atomic mass is 9.78. The quantitative estimate of drug-likeness (QED) is 0.437. The zero-order valence-electron chi connectivity index (χ0n) is 15.7. The highest BCUT2D eigenvalue weighted by atomic mass is 35.5. The molecule has 6 nitrogen and oxygen atoms in total. The Morgan fingerprint density at radius 3 is 2.26 bits per heavy atom. The van der Waals surface area contributed by atoms with E-state index in [2.05, 4.69) is 0 Å². The third-order valence-corrected chi connectivity index (χ3v) is 5.35. The van der Waals surface area contributed by atoms with Crippen molar-refractivity contribution in [3.05, 3.63) is 63.2 Å². The van der Waals surface area contributed by atoms with Crippen molar-refractivity contribution in [3.8, 4) is 5.75 Å². The molecule has 2 aromatic rings. The van der Waals surface area contributed by atoms with E-state index in [9.17, 15) is 10.1 Å². The molecule has 0 N–H and O–H groups in total. The molecule has 0 unspecified atom stereocenters. The first-order chi connectivity index (χ1) is 12.6. The van der Waals surface area contributed by atoms with Crippen molar-refractivity contribution in [2.75, 3.05) is 0 Å². The van der Waals surface area contributed by atoms with Gasteiger partial charge in [-0.15, -0.1) is 0 Å². The maximum atomic E-state index is 11.4. The van der Waals surface area contributed by atoms with Crippen LogP contribution in [0.15, 0.2) is 42.5 Å². The minimum atomic E-state index is -0.734. The number of nitro benzene ring substituents is 1. The van der Waals surface area contributed by atoms with Gasteiger partial charge in [0.1, 0.15) is 6.61 Å². The summed E-state index contributed by atoms with van der Waals surface area (Å²) in [7, 11) is -0.734. The van der Waals surface area contributed by atoms with E-state index in [1.165, 1.54) is 12.1 Å². The molecule has 1 fully saturated rings. The number of ether oxygens (including phenoxy) is 1. The van der Waals surface area contributed by atoms with Crippen LogP contribution >= 0.6 is 11.6 Å². The zero-order valence-corrected chi connectivity index (χ0v) is 16.4. The van der Waals surface area contributed by atoms with Gasteiger partial charge in [0.2, 0.25) is 0 Å². The second kappa shape index (κ2) is 7.15. The monoisotopic (exact) mass is 389 g/mol. The topological polar surface area (TPSA) is 70.8 Å².